The molecule has 0 fully saturated rings. The van der Waals surface area contributed by atoms with Crippen LogP contribution in [0, 0.1) is 18.6 Å². The Balaban J connectivity index is 1.88. The van der Waals surface area contributed by atoms with E-state index in [1.807, 2.05) is 25.1 Å². The highest BCUT2D eigenvalue weighted by molar-refractivity contribution is 5.91. The van der Waals surface area contributed by atoms with Crippen LogP contribution in [-0.2, 0) is 18.2 Å². The van der Waals surface area contributed by atoms with Crippen LogP contribution in [0.15, 0.2) is 42.5 Å². The summed E-state index contributed by atoms with van der Waals surface area (Å²) in [6, 6.07) is 10.8. The molecule has 0 unspecified atom stereocenters. The van der Waals surface area contributed by atoms with E-state index >= 15 is 0 Å². The minimum atomic E-state index is -0.605. The third-order valence-electron chi connectivity index (χ3n) is 4.26. The van der Waals surface area contributed by atoms with Crippen molar-refractivity contribution in [2.75, 3.05) is 6.61 Å². The summed E-state index contributed by atoms with van der Waals surface area (Å²) in [5.41, 5.74) is 4.29. The Morgan fingerprint density at radius 1 is 1.11 bits per heavy atom. The Morgan fingerprint density at radius 2 is 1.81 bits per heavy atom. The van der Waals surface area contributed by atoms with Crippen molar-refractivity contribution in [3.05, 3.63) is 76.5 Å². The maximum atomic E-state index is 13.4. The number of nitrogens with zero attached hydrogens (tertiary/aromatic N) is 2. The molecule has 0 atom stereocenters. The van der Waals surface area contributed by atoms with Crippen LogP contribution in [0.1, 0.15) is 34.1 Å². The Labute approximate surface area is 156 Å². The second-order valence-corrected chi connectivity index (χ2v) is 6.35. The highest BCUT2D eigenvalue weighted by Gasteiger charge is 2.14. The van der Waals surface area contributed by atoms with Gasteiger partial charge in [0.2, 0.25) is 0 Å². The summed E-state index contributed by atoms with van der Waals surface area (Å²) in [4.78, 5) is 11.9. The van der Waals surface area contributed by atoms with Crippen molar-refractivity contribution < 1.29 is 18.3 Å². The molecule has 6 heteroatoms. The number of halogens is 2. The summed E-state index contributed by atoms with van der Waals surface area (Å²) >= 11 is 0. The quantitative estimate of drug-likeness (QED) is 0.624. The van der Waals surface area contributed by atoms with Gasteiger partial charge in [-0.15, -0.1) is 0 Å². The van der Waals surface area contributed by atoms with E-state index < -0.39 is 11.6 Å². The molecule has 0 spiro atoms. The van der Waals surface area contributed by atoms with Crippen LogP contribution in [-0.4, -0.2) is 22.4 Å². The maximum absolute atomic E-state index is 13.4. The van der Waals surface area contributed by atoms with Crippen LogP contribution < -0.4 is 0 Å². The zero-order chi connectivity index (χ0) is 19.6. The van der Waals surface area contributed by atoms with Crippen LogP contribution in [0.25, 0.3) is 11.3 Å². The first-order valence-corrected chi connectivity index (χ1v) is 8.63. The Kier molecular flexibility index (Phi) is 5.35. The molecule has 0 bridgehead atoms. The van der Waals surface area contributed by atoms with Gasteiger partial charge >= 0.3 is 5.97 Å². The fourth-order valence-electron chi connectivity index (χ4n) is 3.07. The molecule has 0 saturated carbocycles. The van der Waals surface area contributed by atoms with Crippen molar-refractivity contribution in [2.24, 2.45) is 7.05 Å². The van der Waals surface area contributed by atoms with Gasteiger partial charge in [0.1, 0.15) is 11.6 Å². The molecule has 140 valence electrons. The predicted octanol–water partition coefficient (Wildman–Crippen LogP) is 4.44. The molecule has 0 aliphatic rings. The van der Waals surface area contributed by atoms with Gasteiger partial charge in [-0.1, -0.05) is 6.07 Å². The fraction of sp³-hybridized carbons (Fsp3) is 0.238. The first-order chi connectivity index (χ1) is 12.9. The molecule has 0 aliphatic carbocycles. The minimum Gasteiger partial charge on any atom is -0.462 e. The third-order valence-corrected chi connectivity index (χ3v) is 4.26. The number of ether oxygens (including phenoxy) is 1. The van der Waals surface area contributed by atoms with Crippen molar-refractivity contribution in [3.63, 3.8) is 0 Å². The molecule has 0 radical (unpaired) electrons. The molecule has 0 N–H and O–H groups in total. The lowest BCUT2D eigenvalue weighted by atomic mass is 10.0. The van der Waals surface area contributed by atoms with Gasteiger partial charge in [-0.2, -0.15) is 5.10 Å². The molecule has 0 amide bonds. The first kappa shape index (κ1) is 18.8. The van der Waals surface area contributed by atoms with Crippen molar-refractivity contribution in [3.8, 4) is 11.3 Å². The smallest absolute Gasteiger partial charge is 0.338 e. The lowest BCUT2D eigenvalue weighted by Crippen LogP contribution is -2.06. The minimum absolute atomic E-state index is 0.322. The van der Waals surface area contributed by atoms with E-state index in [0.717, 1.165) is 22.9 Å². The lowest BCUT2D eigenvalue weighted by molar-refractivity contribution is 0.0525. The molecule has 4 nitrogen and oxygen atoms in total. The molecule has 1 heterocycles. The van der Waals surface area contributed by atoms with Gasteiger partial charge in [0.15, 0.2) is 0 Å². The average molecular weight is 370 g/mol. The van der Waals surface area contributed by atoms with Crippen LogP contribution in [0.4, 0.5) is 8.78 Å². The van der Waals surface area contributed by atoms with E-state index in [4.69, 9.17) is 4.74 Å². The van der Waals surface area contributed by atoms with Crippen LogP contribution in [0.5, 0.6) is 0 Å². The summed E-state index contributed by atoms with van der Waals surface area (Å²) in [6.07, 6.45) is 0.322. The number of benzene rings is 2. The Hall–Kier alpha value is -3.02. The zero-order valence-electron chi connectivity index (χ0n) is 15.4. The van der Waals surface area contributed by atoms with Crippen LogP contribution in [0.3, 0.4) is 0 Å². The van der Waals surface area contributed by atoms with Gasteiger partial charge in [-0.25, -0.2) is 13.6 Å². The van der Waals surface area contributed by atoms with Crippen LogP contribution in [0.2, 0.25) is 0 Å². The second-order valence-electron chi connectivity index (χ2n) is 6.35. The van der Waals surface area contributed by atoms with Gasteiger partial charge in [0.05, 0.1) is 23.6 Å². The van der Waals surface area contributed by atoms with Gasteiger partial charge in [0.25, 0.3) is 0 Å². The first-order valence-electron chi connectivity index (χ1n) is 8.63. The van der Waals surface area contributed by atoms with Gasteiger partial charge < -0.3 is 4.74 Å². The molecule has 0 aliphatic heterocycles. The van der Waals surface area contributed by atoms with Crippen molar-refractivity contribution in [1.29, 1.82) is 0 Å². The summed E-state index contributed by atoms with van der Waals surface area (Å²) in [7, 11) is 1.81. The molecule has 3 rings (SSSR count). The molecule has 1 aromatic heterocycles. The third kappa shape index (κ3) is 4.22. The number of esters is 1. The number of hydrogen-bond donors (Lipinski definition) is 0. The van der Waals surface area contributed by atoms with E-state index in [1.165, 1.54) is 12.1 Å². The van der Waals surface area contributed by atoms with E-state index in [1.54, 1.807) is 24.7 Å². The Morgan fingerprint density at radius 3 is 2.44 bits per heavy atom. The summed E-state index contributed by atoms with van der Waals surface area (Å²) in [5, 5.41) is 4.44. The number of hydrogen-bond acceptors (Lipinski definition) is 3. The van der Waals surface area contributed by atoms with E-state index in [2.05, 4.69) is 5.10 Å². The van der Waals surface area contributed by atoms with Gasteiger partial charge in [-0.3, -0.25) is 4.68 Å². The topological polar surface area (TPSA) is 44.1 Å². The van der Waals surface area contributed by atoms with E-state index in [-0.39, 0.29) is 5.97 Å². The Bertz CT molecular complexity index is 976. The molecular weight excluding hydrogens is 350 g/mol. The summed E-state index contributed by atoms with van der Waals surface area (Å²) in [6.45, 7) is 3.94. The van der Waals surface area contributed by atoms with Crippen molar-refractivity contribution in [1.82, 2.24) is 9.78 Å². The predicted molar refractivity (Wildman–Crippen MR) is 98.5 cm³/mol. The second kappa shape index (κ2) is 7.70. The van der Waals surface area contributed by atoms with E-state index in [0.29, 0.717) is 29.8 Å². The van der Waals surface area contributed by atoms with Gasteiger partial charge in [0, 0.05) is 25.1 Å². The monoisotopic (exact) mass is 370 g/mol. The highest BCUT2D eigenvalue weighted by Crippen LogP contribution is 2.24. The molecule has 3 aromatic rings. The maximum Gasteiger partial charge on any atom is 0.338 e. The molecular formula is C21H20F2N2O2. The van der Waals surface area contributed by atoms with E-state index in [9.17, 15) is 13.6 Å². The fourth-order valence-corrected chi connectivity index (χ4v) is 3.07. The zero-order valence-corrected chi connectivity index (χ0v) is 15.4. The largest absolute Gasteiger partial charge is 0.462 e. The number of carbonyl (C=O) groups excluding carboxylic acids is 1. The molecule has 0 saturated heterocycles. The normalized spacial score (nSPS) is 10.9. The van der Waals surface area contributed by atoms with Crippen molar-refractivity contribution >= 4 is 5.97 Å². The number of aryl methyl sites for hydroxylation is 2. The number of carbonyl (C=O) groups is 1. The van der Waals surface area contributed by atoms with Crippen LogP contribution >= 0.6 is 0 Å². The molecule has 2 aromatic carbocycles. The summed E-state index contributed by atoms with van der Waals surface area (Å²) < 4.78 is 33.5. The number of rotatable bonds is 5. The number of aromatic nitrogens is 2. The van der Waals surface area contributed by atoms with Crippen molar-refractivity contribution in [2.45, 2.75) is 20.3 Å². The SMILES string of the molecule is CCOC(=O)c1ccc(-c2cc(Cc3cc(F)cc(F)c3)nn2C)cc1C. The molecule has 27 heavy (non-hydrogen) atoms. The standard InChI is InChI=1S/C21H20F2N2O2/c1-4-27-21(26)19-6-5-15(7-13(19)2)20-12-18(24-25(20)3)10-14-8-16(22)11-17(23)9-14/h5-9,11-12H,4,10H2,1-3H3. The summed E-state index contributed by atoms with van der Waals surface area (Å²) in [5.74, 6) is -1.56. The lowest BCUT2D eigenvalue weighted by Gasteiger charge is -2.08. The van der Waals surface area contributed by atoms with Gasteiger partial charge in [-0.05, 0) is 55.3 Å². The average Bonchev–Trinajstić information content (AvgIpc) is 2.94. The highest BCUT2D eigenvalue weighted by atomic mass is 19.1.